The predicted octanol–water partition coefficient (Wildman–Crippen LogP) is 0.728. The molecule has 11 heavy (non-hydrogen) atoms. The van der Waals surface area contributed by atoms with Gasteiger partial charge in [0.05, 0.1) is 0 Å². The van der Waals surface area contributed by atoms with Crippen molar-refractivity contribution in [2.75, 3.05) is 0 Å². The minimum absolute atomic E-state index is 0.222. The van der Waals surface area contributed by atoms with E-state index in [1.807, 2.05) is 0 Å². The van der Waals surface area contributed by atoms with E-state index >= 15 is 0 Å². The van der Waals surface area contributed by atoms with E-state index in [2.05, 4.69) is 16.1 Å². The zero-order valence-electron chi connectivity index (χ0n) is 5.96. The lowest BCUT2D eigenvalue weighted by Crippen LogP contribution is -2.14. The Bertz CT molecular complexity index is 186. The maximum atomic E-state index is 10.7. The zero-order chi connectivity index (χ0) is 8.27. The Hall–Kier alpha value is -1.32. The molecule has 0 unspecified atom stereocenters. The van der Waals surface area contributed by atoms with Crippen LogP contribution in [-0.4, -0.2) is 11.9 Å². The molecular formula is C7H8O4. The molecule has 1 rings (SSSR count). The minimum atomic E-state index is -0.400. The lowest BCUT2D eigenvalue weighted by atomic mass is 10.2. The van der Waals surface area contributed by atoms with Gasteiger partial charge in [-0.25, -0.2) is 0 Å². The van der Waals surface area contributed by atoms with Gasteiger partial charge >= 0.3 is 11.9 Å². The second kappa shape index (κ2) is 3.18. The van der Waals surface area contributed by atoms with Crippen molar-refractivity contribution in [1.29, 1.82) is 0 Å². The molecule has 0 saturated carbocycles. The van der Waals surface area contributed by atoms with Gasteiger partial charge in [0.25, 0.3) is 5.95 Å². The van der Waals surface area contributed by atoms with E-state index in [1.165, 1.54) is 0 Å². The summed E-state index contributed by atoms with van der Waals surface area (Å²) >= 11 is 0. The van der Waals surface area contributed by atoms with E-state index in [1.54, 1.807) is 0 Å². The fourth-order valence-electron chi connectivity index (χ4n) is 0.754. The first-order chi connectivity index (χ1) is 5.18. The molecular weight excluding hydrogens is 148 g/mol. The van der Waals surface area contributed by atoms with Crippen LogP contribution in [0.3, 0.4) is 0 Å². The highest BCUT2D eigenvalue weighted by molar-refractivity contribution is 5.75. The van der Waals surface area contributed by atoms with Crippen LogP contribution in [-0.2, 0) is 19.1 Å². The van der Waals surface area contributed by atoms with Crippen LogP contribution in [0.1, 0.15) is 19.3 Å². The van der Waals surface area contributed by atoms with Gasteiger partial charge in [0.1, 0.15) is 0 Å². The van der Waals surface area contributed by atoms with Crippen LogP contribution >= 0.6 is 0 Å². The smallest absolute Gasteiger partial charge is 0.313 e. The normalized spacial score (nSPS) is 19.8. The molecule has 0 amide bonds. The third kappa shape index (κ3) is 2.41. The molecule has 0 aromatic rings. The maximum Gasteiger partial charge on any atom is 0.313 e. The Labute approximate surface area is 63.8 Å². The number of carbonyl (C=O) groups is 2. The van der Waals surface area contributed by atoms with Crippen molar-refractivity contribution in [1.82, 2.24) is 0 Å². The second-order valence-electron chi connectivity index (χ2n) is 2.17. The molecule has 4 nitrogen and oxygen atoms in total. The number of hydrogen-bond acceptors (Lipinski definition) is 4. The number of rotatable bonds is 0. The molecule has 1 saturated heterocycles. The van der Waals surface area contributed by atoms with E-state index in [4.69, 9.17) is 0 Å². The highest BCUT2D eigenvalue weighted by Crippen LogP contribution is 2.09. The Morgan fingerprint density at radius 2 is 1.55 bits per heavy atom. The molecule has 0 aromatic carbocycles. The number of esters is 2. The molecule has 1 aliphatic heterocycles. The van der Waals surface area contributed by atoms with Gasteiger partial charge in [-0.05, 0) is 13.0 Å². The fourth-order valence-corrected chi connectivity index (χ4v) is 0.754. The first kappa shape index (κ1) is 7.78. The van der Waals surface area contributed by atoms with Crippen LogP contribution in [0.2, 0.25) is 0 Å². The van der Waals surface area contributed by atoms with Crippen LogP contribution in [0.25, 0.3) is 0 Å². The molecule has 1 heterocycles. The molecule has 0 spiro atoms. The van der Waals surface area contributed by atoms with Gasteiger partial charge in [-0.15, -0.1) is 0 Å². The van der Waals surface area contributed by atoms with Crippen molar-refractivity contribution in [3.63, 3.8) is 0 Å². The predicted molar refractivity (Wildman–Crippen MR) is 35.2 cm³/mol. The molecule has 1 fully saturated rings. The van der Waals surface area contributed by atoms with E-state index in [0.29, 0.717) is 6.42 Å². The van der Waals surface area contributed by atoms with Gasteiger partial charge in [0, 0.05) is 12.8 Å². The Balaban J connectivity index is 2.54. The Morgan fingerprint density at radius 3 is 2.00 bits per heavy atom. The number of hydrogen-bond donors (Lipinski definition) is 0. The number of ether oxygens (including phenoxy) is 2. The van der Waals surface area contributed by atoms with Gasteiger partial charge < -0.3 is 9.47 Å². The standard InChI is InChI=1S/C7H8O4/c1-5-10-6(8)3-2-4-7(9)11-5/h1-4H2. The summed E-state index contributed by atoms with van der Waals surface area (Å²) in [6, 6.07) is 0. The Morgan fingerprint density at radius 1 is 1.09 bits per heavy atom. The van der Waals surface area contributed by atoms with Gasteiger partial charge in [-0.1, -0.05) is 0 Å². The summed E-state index contributed by atoms with van der Waals surface area (Å²) < 4.78 is 8.97. The average molecular weight is 156 g/mol. The van der Waals surface area contributed by atoms with Crippen LogP contribution in [0.5, 0.6) is 0 Å². The van der Waals surface area contributed by atoms with Gasteiger partial charge in [0.2, 0.25) is 0 Å². The van der Waals surface area contributed by atoms with Crippen molar-refractivity contribution in [2.24, 2.45) is 0 Å². The summed E-state index contributed by atoms with van der Waals surface area (Å²) in [5.41, 5.74) is 0. The Kier molecular flexibility index (Phi) is 2.25. The highest BCUT2D eigenvalue weighted by Gasteiger charge is 2.15. The third-order valence-corrected chi connectivity index (χ3v) is 1.22. The van der Waals surface area contributed by atoms with Gasteiger partial charge in [0.15, 0.2) is 0 Å². The highest BCUT2D eigenvalue weighted by atomic mass is 16.7. The monoisotopic (exact) mass is 156 g/mol. The summed E-state index contributed by atoms with van der Waals surface area (Å²) in [5.74, 6) is -1.02. The lowest BCUT2D eigenvalue weighted by Gasteiger charge is -2.10. The lowest BCUT2D eigenvalue weighted by molar-refractivity contribution is -0.156. The van der Waals surface area contributed by atoms with Gasteiger partial charge in [-0.3, -0.25) is 9.59 Å². The topological polar surface area (TPSA) is 52.6 Å². The van der Waals surface area contributed by atoms with Crippen LogP contribution < -0.4 is 0 Å². The fraction of sp³-hybridized carbons (Fsp3) is 0.429. The SMILES string of the molecule is C=C1OC(=O)CCCC(=O)O1. The molecule has 0 bridgehead atoms. The van der Waals surface area contributed by atoms with Crippen molar-refractivity contribution in [3.05, 3.63) is 12.5 Å². The molecule has 1 aliphatic rings. The van der Waals surface area contributed by atoms with E-state index in [9.17, 15) is 9.59 Å². The van der Waals surface area contributed by atoms with Crippen molar-refractivity contribution < 1.29 is 19.1 Å². The summed E-state index contributed by atoms with van der Waals surface area (Å²) in [5, 5.41) is 0. The largest absolute Gasteiger partial charge is 0.393 e. The molecule has 4 heteroatoms. The molecule has 0 radical (unpaired) electrons. The molecule has 0 atom stereocenters. The van der Waals surface area contributed by atoms with Crippen molar-refractivity contribution in [3.8, 4) is 0 Å². The van der Waals surface area contributed by atoms with E-state index in [-0.39, 0.29) is 18.8 Å². The first-order valence-electron chi connectivity index (χ1n) is 3.29. The zero-order valence-corrected chi connectivity index (χ0v) is 5.96. The summed E-state index contributed by atoms with van der Waals surface area (Å²) in [6.45, 7) is 3.23. The summed E-state index contributed by atoms with van der Waals surface area (Å²) in [6.07, 6.45) is 0.965. The summed E-state index contributed by atoms with van der Waals surface area (Å²) in [7, 11) is 0. The van der Waals surface area contributed by atoms with Crippen molar-refractivity contribution in [2.45, 2.75) is 19.3 Å². The maximum absolute atomic E-state index is 10.7. The average Bonchev–Trinajstić information content (AvgIpc) is 1.83. The van der Waals surface area contributed by atoms with Gasteiger partial charge in [-0.2, -0.15) is 0 Å². The quantitative estimate of drug-likeness (QED) is 0.485. The number of cyclic esters (lactones) is 2. The molecule has 0 N–H and O–H groups in total. The summed E-state index contributed by atoms with van der Waals surface area (Å²) in [4.78, 5) is 21.4. The molecule has 60 valence electrons. The van der Waals surface area contributed by atoms with E-state index < -0.39 is 11.9 Å². The van der Waals surface area contributed by atoms with Crippen LogP contribution in [0.15, 0.2) is 12.5 Å². The van der Waals surface area contributed by atoms with Crippen LogP contribution in [0.4, 0.5) is 0 Å². The van der Waals surface area contributed by atoms with Crippen LogP contribution in [0, 0.1) is 0 Å². The second-order valence-corrected chi connectivity index (χ2v) is 2.17. The third-order valence-electron chi connectivity index (χ3n) is 1.22. The first-order valence-corrected chi connectivity index (χ1v) is 3.29. The minimum Gasteiger partial charge on any atom is -0.393 e. The molecule has 0 aliphatic carbocycles. The number of carbonyl (C=O) groups excluding carboxylic acids is 2. The molecule has 0 aromatic heterocycles. The van der Waals surface area contributed by atoms with Crippen molar-refractivity contribution >= 4 is 11.9 Å². The van der Waals surface area contributed by atoms with E-state index in [0.717, 1.165) is 0 Å².